The molecule has 5 heteroatoms. The van der Waals surface area contributed by atoms with Crippen LogP contribution in [0.5, 0.6) is 5.88 Å². The first-order chi connectivity index (χ1) is 8.86. The summed E-state index contributed by atoms with van der Waals surface area (Å²) < 4.78 is 5.32. The maximum Gasteiger partial charge on any atom is 0.225 e. The number of aromatic nitrogens is 2. The first kappa shape index (κ1) is 15.1. The van der Waals surface area contributed by atoms with Gasteiger partial charge in [0.15, 0.2) is 0 Å². The molecular formula is C13H23N3OS. The summed E-state index contributed by atoms with van der Waals surface area (Å²) in [6.07, 6.45) is 8.93. The van der Waals surface area contributed by atoms with Crippen molar-refractivity contribution in [1.29, 1.82) is 0 Å². The van der Waals surface area contributed by atoms with Crippen molar-refractivity contribution in [1.82, 2.24) is 9.97 Å². The van der Waals surface area contributed by atoms with Crippen LogP contribution in [0.25, 0.3) is 0 Å². The lowest BCUT2D eigenvalue weighted by molar-refractivity contribution is 0.326. The van der Waals surface area contributed by atoms with E-state index in [9.17, 15) is 0 Å². The lowest BCUT2D eigenvalue weighted by Gasteiger charge is -2.06. The largest absolute Gasteiger partial charge is 0.478 e. The molecule has 0 aliphatic heterocycles. The number of thioether (sulfide) groups is 1. The van der Waals surface area contributed by atoms with Crippen molar-refractivity contribution in [2.45, 2.75) is 32.6 Å². The number of nitrogens with one attached hydrogen (secondary N) is 1. The average molecular weight is 269 g/mol. The molecule has 1 rings (SSSR count). The first-order valence-corrected chi connectivity index (χ1v) is 7.95. The topological polar surface area (TPSA) is 47.0 Å². The molecule has 1 aromatic rings. The van der Waals surface area contributed by atoms with Gasteiger partial charge < -0.3 is 10.1 Å². The molecule has 4 nitrogen and oxygen atoms in total. The van der Waals surface area contributed by atoms with Gasteiger partial charge in [0.1, 0.15) is 0 Å². The Morgan fingerprint density at radius 1 is 1.28 bits per heavy atom. The van der Waals surface area contributed by atoms with Gasteiger partial charge in [0.2, 0.25) is 11.8 Å². The minimum atomic E-state index is 0.631. The highest BCUT2D eigenvalue weighted by Gasteiger charge is 1.98. The zero-order valence-electron chi connectivity index (χ0n) is 11.3. The van der Waals surface area contributed by atoms with Crippen LogP contribution in [0.15, 0.2) is 12.3 Å². The van der Waals surface area contributed by atoms with E-state index in [-0.39, 0.29) is 0 Å². The maximum atomic E-state index is 5.32. The maximum absolute atomic E-state index is 5.32. The summed E-state index contributed by atoms with van der Waals surface area (Å²) in [5.74, 6) is 2.56. The molecule has 1 N–H and O–H groups in total. The summed E-state index contributed by atoms with van der Waals surface area (Å²) in [7, 11) is 0. The predicted octanol–water partition coefficient (Wildman–Crippen LogP) is 3.21. The molecule has 0 radical (unpaired) electrons. The Balaban J connectivity index is 2.13. The fourth-order valence-corrected chi connectivity index (χ4v) is 2.07. The fraction of sp³-hybridized carbons (Fsp3) is 0.692. The van der Waals surface area contributed by atoms with E-state index in [2.05, 4.69) is 21.5 Å². The van der Waals surface area contributed by atoms with E-state index in [0.717, 1.165) is 13.0 Å². The minimum Gasteiger partial charge on any atom is -0.478 e. The number of hydrogen-bond donors (Lipinski definition) is 1. The normalized spacial score (nSPS) is 10.3. The molecule has 0 amide bonds. The third-order valence-corrected chi connectivity index (χ3v) is 3.18. The Bertz CT molecular complexity index is 323. The van der Waals surface area contributed by atoms with Gasteiger partial charge in [0, 0.05) is 18.8 Å². The number of nitrogens with zero attached hydrogens (tertiary/aromatic N) is 2. The molecule has 0 aromatic carbocycles. The van der Waals surface area contributed by atoms with Crippen molar-refractivity contribution in [3.63, 3.8) is 0 Å². The van der Waals surface area contributed by atoms with Crippen LogP contribution in [-0.2, 0) is 0 Å². The summed E-state index contributed by atoms with van der Waals surface area (Å²) in [5.41, 5.74) is 0. The second-order valence-electron chi connectivity index (χ2n) is 3.99. The molecule has 18 heavy (non-hydrogen) atoms. The van der Waals surface area contributed by atoms with Crippen LogP contribution < -0.4 is 10.1 Å². The van der Waals surface area contributed by atoms with Crippen LogP contribution >= 0.6 is 11.8 Å². The highest BCUT2D eigenvalue weighted by Crippen LogP contribution is 2.09. The summed E-state index contributed by atoms with van der Waals surface area (Å²) in [6.45, 7) is 3.50. The first-order valence-electron chi connectivity index (χ1n) is 6.55. The van der Waals surface area contributed by atoms with Crippen LogP contribution in [-0.4, -0.2) is 35.1 Å². The minimum absolute atomic E-state index is 0.631. The third kappa shape index (κ3) is 6.69. The Kier molecular flexibility index (Phi) is 8.38. The average Bonchev–Trinajstić information content (AvgIpc) is 2.39. The molecule has 102 valence electrons. The van der Waals surface area contributed by atoms with Gasteiger partial charge >= 0.3 is 0 Å². The molecule has 0 saturated heterocycles. The lowest BCUT2D eigenvalue weighted by atomic mass is 10.2. The lowest BCUT2D eigenvalue weighted by Crippen LogP contribution is -2.06. The van der Waals surface area contributed by atoms with Gasteiger partial charge in [-0.2, -0.15) is 16.7 Å². The van der Waals surface area contributed by atoms with Crippen molar-refractivity contribution in [2.24, 2.45) is 0 Å². The van der Waals surface area contributed by atoms with Crippen molar-refractivity contribution in [3.8, 4) is 5.88 Å². The standard InChI is InChI=1S/C13H23N3OS/c1-3-17-12-8-10-15-13(16-12)14-9-6-4-5-7-11-18-2/h8,10H,3-7,9,11H2,1-2H3,(H,14,15,16). The van der Waals surface area contributed by atoms with Crippen LogP contribution in [0.4, 0.5) is 5.95 Å². The highest BCUT2D eigenvalue weighted by molar-refractivity contribution is 7.98. The Morgan fingerprint density at radius 3 is 2.89 bits per heavy atom. The zero-order chi connectivity index (χ0) is 13.1. The number of ether oxygens (including phenoxy) is 1. The van der Waals surface area contributed by atoms with Crippen molar-refractivity contribution < 1.29 is 4.74 Å². The quantitative estimate of drug-likeness (QED) is 0.661. The van der Waals surface area contributed by atoms with Crippen molar-refractivity contribution in [2.75, 3.05) is 30.5 Å². The van der Waals surface area contributed by atoms with E-state index in [1.54, 1.807) is 12.3 Å². The molecule has 0 saturated carbocycles. The van der Waals surface area contributed by atoms with Crippen LogP contribution in [0, 0.1) is 0 Å². The van der Waals surface area contributed by atoms with E-state index in [1.807, 2.05) is 18.7 Å². The molecule has 0 spiro atoms. The third-order valence-electron chi connectivity index (χ3n) is 2.48. The van der Waals surface area contributed by atoms with Crippen LogP contribution in [0.2, 0.25) is 0 Å². The Morgan fingerprint density at radius 2 is 2.11 bits per heavy atom. The molecule has 0 atom stereocenters. The molecule has 0 aliphatic carbocycles. The summed E-state index contributed by atoms with van der Waals surface area (Å²) in [5, 5.41) is 3.23. The molecule has 0 aliphatic rings. The molecule has 0 bridgehead atoms. The van der Waals surface area contributed by atoms with Gasteiger partial charge in [-0.3, -0.25) is 0 Å². The van der Waals surface area contributed by atoms with Crippen LogP contribution in [0.3, 0.4) is 0 Å². The second kappa shape index (κ2) is 10.00. The molecule has 0 unspecified atom stereocenters. The van der Waals surface area contributed by atoms with Crippen LogP contribution in [0.1, 0.15) is 32.6 Å². The Hall–Kier alpha value is -0.970. The van der Waals surface area contributed by atoms with E-state index in [4.69, 9.17) is 4.74 Å². The van der Waals surface area contributed by atoms with Gasteiger partial charge in [0.25, 0.3) is 0 Å². The smallest absolute Gasteiger partial charge is 0.225 e. The van der Waals surface area contributed by atoms with Crippen molar-refractivity contribution >= 4 is 17.7 Å². The molecular weight excluding hydrogens is 246 g/mol. The van der Waals surface area contributed by atoms with Gasteiger partial charge in [-0.05, 0) is 31.8 Å². The second-order valence-corrected chi connectivity index (χ2v) is 4.97. The van der Waals surface area contributed by atoms with Crippen molar-refractivity contribution in [3.05, 3.63) is 12.3 Å². The van der Waals surface area contributed by atoms with Gasteiger partial charge in [-0.1, -0.05) is 12.8 Å². The Labute approximate surface area is 114 Å². The predicted molar refractivity (Wildman–Crippen MR) is 78.5 cm³/mol. The van der Waals surface area contributed by atoms with E-state index in [0.29, 0.717) is 18.4 Å². The van der Waals surface area contributed by atoms with E-state index >= 15 is 0 Å². The number of hydrogen-bond acceptors (Lipinski definition) is 5. The fourth-order valence-electron chi connectivity index (χ4n) is 1.58. The van der Waals surface area contributed by atoms with Gasteiger partial charge in [0.05, 0.1) is 6.61 Å². The molecule has 1 aromatic heterocycles. The van der Waals surface area contributed by atoms with E-state index in [1.165, 1.54) is 25.0 Å². The summed E-state index contributed by atoms with van der Waals surface area (Å²) >= 11 is 1.92. The summed E-state index contributed by atoms with van der Waals surface area (Å²) in [6, 6.07) is 1.77. The molecule has 0 fully saturated rings. The zero-order valence-corrected chi connectivity index (χ0v) is 12.1. The summed E-state index contributed by atoms with van der Waals surface area (Å²) in [4.78, 5) is 8.43. The van der Waals surface area contributed by atoms with E-state index < -0.39 is 0 Å². The number of unbranched alkanes of at least 4 members (excludes halogenated alkanes) is 3. The monoisotopic (exact) mass is 269 g/mol. The number of rotatable bonds is 10. The molecule has 1 heterocycles. The van der Waals surface area contributed by atoms with Gasteiger partial charge in [-0.25, -0.2) is 4.98 Å². The SMILES string of the molecule is CCOc1ccnc(NCCCCCCSC)n1. The number of anilines is 1. The van der Waals surface area contributed by atoms with Gasteiger partial charge in [-0.15, -0.1) is 0 Å². The highest BCUT2D eigenvalue weighted by atomic mass is 32.2.